The van der Waals surface area contributed by atoms with E-state index in [2.05, 4.69) is 57.1 Å². The number of H-pyrrole nitrogens is 1. The van der Waals surface area contributed by atoms with E-state index in [1.54, 1.807) is 7.11 Å². The molecule has 1 amide bonds. The summed E-state index contributed by atoms with van der Waals surface area (Å²) in [5, 5.41) is 8.49. The van der Waals surface area contributed by atoms with Gasteiger partial charge in [-0.05, 0) is 58.3 Å². The first-order chi connectivity index (χ1) is 12.7. The van der Waals surface area contributed by atoms with Gasteiger partial charge >= 0.3 is 0 Å². The summed E-state index contributed by atoms with van der Waals surface area (Å²) in [4.78, 5) is 15.3. The molecule has 1 unspecified atom stereocenters. The van der Waals surface area contributed by atoms with Crippen LogP contribution in [0.3, 0.4) is 0 Å². The third kappa shape index (κ3) is 2.11. The zero-order valence-electron chi connectivity index (χ0n) is 14.3. The Morgan fingerprint density at radius 2 is 2.19 bits per heavy atom. The van der Waals surface area contributed by atoms with Crippen LogP contribution in [0.5, 0.6) is 0 Å². The fraction of sp³-hybridized carbons (Fsp3) is 0.300. The number of hydrogen-bond acceptors (Lipinski definition) is 3. The lowest BCUT2D eigenvalue weighted by Gasteiger charge is -2.17. The van der Waals surface area contributed by atoms with Crippen molar-refractivity contribution in [3.63, 3.8) is 0 Å². The van der Waals surface area contributed by atoms with Crippen LogP contribution in [0.4, 0.5) is 5.69 Å². The summed E-state index contributed by atoms with van der Waals surface area (Å²) in [5.41, 5.74) is 4.02. The zero-order valence-corrected chi connectivity index (χ0v) is 16.5. The molecule has 2 atom stereocenters. The second kappa shape index (κ2) is 5.79. The highest BCUT2D eigenvalue weighted by Gasteiger charge is 2.67. The Morgan fingerprint density at radius 1 is 1.35 bits per heavy atom. The Kier molecular flexibility index (Phi) is 3.62. The van der Waals surface area contributed by atoms with Crippen LogP contribution in [-0.2, 0) is 14.9 Å². The van der Waals surface area contributed by atoms with Crippen molar-refractivity contribution in [2.75, 3.05) is 25.2 Å². The molecule has 1 aliphatic carbocycles. The number of amides is 1. The van der Waals surface area contributed by atoms with Crippen LogP contribution in [0.1, 0.15) is 23.5 Å². The molecule has 0 saturated heterocycles. The number of aromatic amines is 1. The Balaban J connectivity index is 1.56. The molecule has 132 valence electrons. The molecule has 0 radical (unpaired) electrons. The predicted octanol–water partition coefficient (Wildman–Crippen LogP) is 3.59. The lowest BCUT2D eigenvalue weighted by molar-refractivity contribution is -0.120. The van der Waals surface area contributed by atoms with E-state index >= 15 is 0 Å². The smallest absolute Gasteiger partial charge is 0.238 e. The van der Waals surface area contributed by atoms with Crippen molar-refractivity contribution in [3.8, 4) is 0 Å². The molecular formula is C20H18IN3O2. The Bertz CT molecular complexity index is 1030. The third-order valence-corrected chi connectivity index (χ3v) is 6.55. The van der Waals surface area contributed by atoms with Gasteiger partial charge in [0.1, 0.15) is 3.70 Å². The summed E-state index contributed by atoms with van der Waals surface area (Å²) < 4.78 is 6.19. The van der Waals surface area contributed by atoms with Crippen molar-refractivity contribution >= 4 is 45.1 Å². The van der Waals surface area contributed by atoms with Crippen molar-refractivity contribution < 1.29 is 9.53 Å². The highest BCUT2D eigenvalue weighted by Crippen LogP contribution is 2.66. The average Bonchev–Trinajstić information content (AvgIpc) is 3.26. The van der Waals surface area contributed by atoms with Gasteiger partial charge in [-0.3, -0.25) is 9.89 Å². The van der Waals surface area contributed by atoms with Crippen molar-refractivity contribution in [1.82, 2.24) is 10.2 Å². The van der Waals surface area contributed by atoms with Gasteiger partial charge < -0.3 is 9.64 Å². The molecule has 1 saturated carbocycles. The Morgan fingerprint density at radius 3 is 3.04 bits per heavy atom. The summed E-state index contributed by atoms with van der Waals surface area (Å²) in [6, 6.07) is 14.6. The second-order valence-electron chi connectivity index (χ2n) is 7.01. The normalized spacial score (nSPS) is 23.8. The van der Waals surface area contributed by atoms with E-state index in [9.17, 15) is 4.79 Å². The Labute approximate surface area is 164 Å². The first-order valence-corrected chi connectivity index (χ1v) is 9.78. The molecule has 1 spiro atoms. The van der Waals surface area contributed by atoms with Crippen LogP contribution < -0.4 is 4.90 Å². The van der Waals surface area contributed by atoms with Crippen LogP contribution in [-0.4, -0.2) is 36.4 Å². The lowest BCUT2D eigenvalue weighted by Crippen LogP contribution is -2.35. The maximum atomic E-state index is 13.4. The van der Waals surface area contributed by atoms with Crippen molar-refractivity contribution in [2.45, 2.75) is 17.8 Å². The minimum absolute atomic E-state index is 0.208. The van der Waals surface area contributed by atoms with Gasteiger partial charge in [0.15, 0.2) is 0 Å². The number of nitrogens with zero attached hydrogens (tertiary/aromatic N) is 2. The highest BCUT2D eigenvalue weighted by atomic mass is 127. The molecule has 2 heterocycles. The number of para-hydroxylation sites is 1. The first kappa shape index (κ1) is 16.3. The van der Waals surface area contributed by atoms with E-state index in [0.29, 0.717) is 13.2 Å². The maximum absolute atomic E-state index is 13.4. The standard InChI is InChI=1S/C20H18IN3O2/c1-26-9-8-24-17-5-3-2-4-14(17)20(19(24)25)11-15(20)12-6-7-13-16(10-12)22-23-18(13)21/h2-7,10,15H,8-9,11H2,1H3,(H,22,23)/t15?,20-/m0/s1. The van der Waals surface area contributed by atoms with Gasteiger partial charge in [0.25, 0.3) is 0 Å². The molecule has 2 aliphatic rings. The van der Waals surface area contributed by atoms with E-state index in [0.717, 1.165) is 32.3 Å². The van der Waals surface area contributed by atoms with E-state index in [-0.39, 0.29) is 11.8 Å². The number of nitrogens with one attached hydrogen (secondary N) is 1. The second-order valence-corrected chi connectivity index (χ2v) is 8.04. The number of halogens is 1. The number of carbonyl (C=O) groups is 1. The quantitative estimate of drug-likeness (QED) is 0.607. The van der Waals surface area contributed by atoms with Gasteiger partial charge in [0.05, 0.1) is 17.5 Å². The van der Waals surface area contributed by atoms with Crippen LogP contribution in [0.2, 0.25) is 0 Å². The SMILES string of the molecule is COCCN1C(=O)[C@@]2(CC2c2ccc3c(I)n[nH]c3c2)c2ccccc21. The van der Waals surface area contributed by atoms with E-state index in [4.69, 9.17) is 4.74 Å². The molecule has 0 bridgehead atoms. The van der Waals surface area contributed by atoms with Gasteiger partial charge in [-0.25, -0.2) is 0 Å². The Hall–Kier alpha value is -1.93. The number of fused-ring (bicyclic) bond motifs is 3. The van der Waals surface area contributed by atoms with Gasteiger partial charge in [-0.2, -0.15) is 5.10 Å². The fourth-order valence-corrected chi connectivity index (χ4v) is 4.97. The topological polar surface area (TPSA) is 58.2 Å². The zero-order chi connectivity index (χ0) is 17.9. The molecule has 1 N–H and O–H groups in total. The minimum atomic E-state index is -0.412. The van der Waals surface area contributed by atoms with E-state index in [1.165, 1.54) is 5.56 Å². The van der Waals surface area contributed by atoms with Crippen LogP contribution >= 0.6 is 22.6 Å². The maximum Gasteiger partial charge on any atom is 0.238 e. The van der Waals surface area contributed by atoms with Crippen molar-refractivity contribution in [3.05, 3.63) is 57.3 Å². The summed E-state index contributed by atoms with van der Waals surface area (Å²) in [5.74, 6) is 0.425. The number of rotatable bonds is 4. The van der Waals surface area contributed by atoms with Crippen LogP contribution in [0.15, 0.2) is 42.5 Å². The molecule has 5 nitrogen and oxygen atoms in total. The number of hydrogen-bond donors (Lipinski definition) is 1. The molecule has 1 aliphatic heterocycles. The number of aromatic nitrogens is 2. The van der Waals surface area contributed by atoms with E-state index in [1.807, 2.05) is 23.1 Å². The fourth-order valence-electron chi connectivity index (χ4n) is 4.38. The summed E-state index contributed by atoms with van der Waals surface area (Å²) in [7, 11) is 1.67. The number of benzene rings is 2. The van der Waals surface area contributed by atoms with Crippen molar-refractivity contribution in [2.24, 2.45) is 0 Å². The van der Waals surface area contributed by atoms with Crippen LogP contribution in [0, 0.1) is 3.70 Å². The summed E-state index contributed by atoms with van der Waals surface area (Å²) in [6.45, 7) is 1.14. The number of carbonyl (C=O) groups excluding carboxylic acids is 1. The largest absolute Gasteiger partial charge is 0.383 e. The molecule has 6 heteroatoms. The van der Waals surface area contributed by atoms with Gasteiger partial charge in [0, 0.05) is 30.6 Å². The molecule has 3 aromatic rings. The number of methoxy groups -OCH3 is 1. The molecular weight excluding hydrogens is 441 g/mol. The summed E-state index contributed by atoms with van der Waals surface area (Å²) >= 11 is 2.23. The van der Waals surface area contributed by atoms with Gasteiger partial charge in [-0.1, -0.05) is 24.3 Å². The average molecular weight is 459 g/mol. The predicted molar refractivity (Wildman–Crippen MR) is 109 cm³/mol. The lowest BCUT2D eigenvalue weighted by atomic mass is 9.92. The highest BCUT2D eigenvalue weighted by molar-refractivity contribution is 14.1. The van der Waals surface area contributed by atoms with Gasteiger partial charge in [-0.15, -0.1) is 0 Å². The third-order valence-electron chi connectivity index (χ3n) is 5.72. The number of anilines is 1. The van der Waals surface area contributed by atoms with Crippen LogP contribution in [0.25, 0.3) is 10.9 Å². The van der Waals surface area contributed by atoms with Crippen molar-refractivity contribution in [1.29, 1.82) is 0 Å². The molecule has 1 fully saturated rings. The first-order valence-electron chi connectivity index (χ1n) is 8.71. The molecule has 26 heavy (non-hydrogen) atoms. The minimum Gasteiger partial charge on any atom is -0.383 e. The van der Waals surface area contributed by atoms with E-state index < -0.39 is 5.41 Å². The molecule has 2 aromatic carbocycles. The number of ether oxygens (including phenoxy) is 1. The summed E-state index contributed by atoms with van der Waals surface area (Å²) in [6.07, 6.45) is 0.864. The van der Waals surface area contributed by atoms with Gasteiger partial charge in [0.2, 0.25) is 5.91 Å². The molecule has 5 rings (SSSR count). The monoisotopic (exact) mass is 459 g/mol. The molecule has 1 aromatic heterocycles.